The molecule has 7 heteroatoms. The van der Waals surface area contributed by atoms with Crippen LogP contribution >= 0.6 is 37.0 Å². The lowest BCUT2D eigenvalue weighted by molar-refractivity contribution is 0.368. The highest BCUT2D eigenvalue weighted by Crippen LogP contribution is 2.52. The molecule has 0 amide bonds. The van der Waals surface area contributed by atoms with Gasteiger partial charge in [-0.2, -0.15) is 0 Å². The zero-order valence-corrected chi connectivity index (χ0v) is 12.1. The average Bonchev–Trinajstić information content (AvgIpc) is 1.85. The Kier molecular flexibility index (Phi) is 6.30. The van der Waals surface area contributed by atoms with Crippen LogP contribution in [0.1, 0.15) is 12.8 Å². The zero-order valence-electron chi connectivity index (χ0n) is 6.63. The summed E-state index contributed by atoms with van der Waals surface area (Å²) in [6, 6.07) is 0. The van der Waals surface area contributed by atoms with Gasteiger partial charge in [0, 0.05) is 15.5 Å². The second-order valence-corrected chi connectivity index (χ2v) is 8.45. The summed E-state index contributed by atoms with van der Waals surface area (Å²) in [5.41, 5.74) is 0. The van der Waals surface area contributed by atoms with Gasteiger partial charge in [-0.25, -0.2) is 4.39 Å². The van der Waals surface area contributed by atoms with Gasteiger partial charge in [0.2, 0.25) is 5.75 Å². The summed E-state index contributed by atoms with van der Waals surface area (Å²) in [5.74, 6) is 0.538. The van der Waals surface area contributed by atoms with Crippen molar-refractivity contribution in [3.63, 3.8) is 0 Å². The Bertz CT molecular complexity index is 158. The highest BCUT2D eigenvalue weighted by Gasteiger charge is 2.37. The third-order valence-electron chi connectivity index (χ3n) is 1.53. The molecule has 0 heterocycles. The van der Waals surface area contributed by atoms with Crippen molar-refractivity contribution in [1.29, 1.82) is 0 Å². The molecule has 0 radical (unpaired) electrons. The Morgan fingerprint density at radius 2 is 1.75 bits per heavy atom. The minimum Gasteiger partial charge on any atom is -0.234 e. The molecule has 0 aromatic rings. The second-order valence-electron chi connectivity index (χ2n) is 2.73. The third kappa shape index (κ3) is 4.78. The molecule has 4 unspecified atom stereocenters. The Hall–Kier alpha value is 1.67. The van der Waals surface area contributed by atoms with Gasteiger partial charge in [0.1, 0.15) is 5.15 Å². The molecule has 0 saturated heterocycles. The molecule has 0 aromatic carbocycles. The first kappa shape index (κ1) is 13.7. The topological polar surface area (TPSA) is 17.1 Å². The minimum absolute atomic E-state index is 0.538. The van der Waals surface area contributed by atoms with Crippen LogP contribution in [0, 0.1) is 0 Å². The lowest BCUT2D eigenvalue weighted by Gasteiger charge is -2.33. The van der Waals surface area contributed by atoms with Gasteiger partial charge >= 0.3 is 11.7 Å². The van der Waals surface area contributed by atoms with E-state index in [2.05, 4.69) is 37.0 Å². The van der Waals surface area contributed by atoms with Crippen LogP contribution in [-0.2, 0) is 15.9 Å². The van der Waals surface area contributed by atoms with Crippen LogP contribution in [0.25, 0.3) is 0 Å². The first-order chi connectivity index (χ1) is 5.31. The van der Waals surface area contributed by atoms with E-state index in [9.17, 15) is 8.60 Å². The van der Waals surface area contributed by atoms with Gasteiger partial charge in [-0.1, -0.05) is 18.5 Å². The smallest absolute Gasteiger partial charge is 0.234 e. The fraction of sp³-hybridized carbons (Fsp3) is 1.00. The van der Waals surface area contributed by atoms with E-state index in [0.29, 0.717) is 23.8 Å². The van der Waals surface area contributed by atoms with E-state index in [0.717, 1.165) is 6.42 Å². The fourth-order valence-electron chi connectivity index (χ4n) is 0.615. The molecule has 0 aliphatic carbocycles. The molecule has 0 bridgehead atoms. The quantitative estimate of drug-likeness (QED) is 0.422. The molecule has 0 saturated carbocycles. The van der Waals surface area contributed by atoms with Crippen LogP contribution in [0.3, 0.4) is 0 Å². The normalized spacial score (nSPS) is 13.1. The molecule has 1 nitrogen and oxygen atoms in total. The summed E-state index contributed by atoms with van der Waals surface area (Å²) in [6.45, 7) is 0. The van der Waals surface area contributed by atoms with Gasteiger partial charge in [-0.3, -0.25) is 0 Å². The zero-order chi connectivity index (χ0) is 9.83. The predicted molar refractivity (Wildman–Crippen MR) is 67.6 cm³/mol. The molecular formula is C5H14FOP4S+. The number of halogens is 1. The van der Waals surface area contributed by atoms with Crippen molar-refractivity contribution in [2.24, 2.45) is 0 Å². The molecule has 0 N–H and O–H groups in total. The molecule has 0 rings (SSSR count). The summed E-state index contributed by atoms with van der Waals surface area (Å²) in [6.07, 6.45) is 1.39. The largest absolute Gasteiger partial charge is 0.458 e. The van der Waals surface area contributed by atoms with E-state index >= 15 is 0 Å². The van der Waals surface area contributed by atoms with Crippen LogP contribution < -0.4 is 0 Å². The summed E-state index contributed by atoms with van der Waals surface area (Å²) < 4.78 is 23.5. The van der Waals surface area contributed by atoms with E-state index < -0.39 is 10.0 Å². The maximum atomic E-state index is 13.4. The maximum Gasteiger partial charge on any atom is 0.458 e. The first-order valence-electron chi connectivity index (χ1n) is 3.40. The van der Waals surface area contributed by atoms with Crippen molar-refractivity contribution < 1.29 is 8.60 Å². The monoisotopic (exact) mass is 265 g/mol. The highest BCUT2D eigenvalue weighted by molar-refractivity contribution is 7.65. The van der Waals surface area contributed by atoms with E-state index in [1.54, 1.807) is 0 Å². The number of rotatable bonds is 5. The molecule has 72 valence electrons. The lowest BCUT2D eigenvalue weighted by atomic mass is 10.2. The van der Waals surface area contributed by atoms with Gasteiger partial charge in [-0.15, -0.1) is 18.5 Å². The molecule has 0 aromatic heterocycles. The van der Waals surface area contributed by atoms with Crippen LogP contribution in [0.4, 0.5) is 4.39 Å². The number of hydrogen-bond donors (Lipinski definition) is 0. The van der Waals surface area contributed by atoms with Gasteiger partial charge in [-0.05, 0) is 6.42 Å². The first-order valence-corrected chi connectivity index (χ1v) is 6.62. The van der Waals surface area contributed by atoms with Crippen LogP contribution in [0.2, 0.25) is 0 Å². The van der Waals surface area contributed by atoms with Crippen molar-refractivity contribution >= 4 is 48.6 Å². The van der Waals surface area contributed by atoms with Crippen molar-refractivity contribution in [3.05, 3.63) is 0 Å². The predicted octanol–water partition coefficient (Wildman–Crippen LogP) is 2.01. The van der Waals surface area contributed by atoms with E-state index in [-0.39, 0.29) is 0 Å². The molecule has 12 heavy (non-hydrogen) atoms. The van der Waals surface area contributed by atoms with Crippen molar-refractivity contribution in [2.45, 2.75) is 22.9 Å². The maximum absolute atomic E-state index is 13.4. The van der Waals surface area contributed by atoms with Crippen molar-refractivity contribution in [2.75, 3.05) is 5.75 Å². The fourth-order valence-corrected chi connectivity index (χ4v) is 1.57. The molecule has 0 spiro atoms. The molecule has 0 aliphatic rings. The van der Waals surface area contributed by atoms with Gasteiger partial charge in [0.05, 0.1) is 0 Å². The highest BCUT2D eigenvalue weighted by atomic mass is 32.1. The average molecular weight is 265 g/mol. The van der Waals surface area contributed by atoms with Crippen molar-refractivity contribution in [3.8, 4) is 0 Å². The number of hydrogen-bond acceptors (Lipinski definition) is 1. The summed E-state index contributed by atoms with van der Waals surface area (Å²) >= 11 is 0.548. The molecule has 0 fully saturated rings. The van der Waals surface area contributed by atoms with Crippen molar-refractivity contribution in [1.82, 2.24) is 0 Å². The molecule has 0 aliphatic heterocycles. The SMILES string of the molecule is O=[S+]CCCC(P)(P)C(F)(P)P. The lowest BCUT2D eigenvalue weighted by Crippen LogP contribution is -2.29. The Morgan fingerprint density at radius 1 is 1.25 bits per heavy atom. The summed E-state index contributed by atoms with van der Waals surface area (Å²) in [7, 11) is 9.22. The van der Waals surface area contributed by atoms with Gasteiger partial charge < -0.3 is 0 Å². The van der Waals surface area contributed by atoms with Crippen LogP contribution in [0.5, 0.6) is 0 Å². The van der Waals surface area contributed by atoms with Gasteiger partial charge in [0.25, 0.3) is 0 Å². The van der Waals surface area contributed by atoms with Crippen LogP contribution in [-0.4, -0.2) is 15.8 Å². The van der Waals surface area contributed by atoms with E-state index in [4.69, 9.17) is 0 Å². The number of alkyl halides is 1. The molecular weight excluding hydrogens is 251 g/mol. The Morgan fingerprint density at radius 3 is 2.08 bits per heavy atom. The van der Waals surface area contributed by atoms with E-state index in [1.807, 2.05) is 0 Å². The van der Waals surface area contributed by atoms with Crippen LogP contribution in [0.15, 0.2) is 0 Å². The second kappa shape index (κ2) is 5.53. The standard InChI is InChI=1S/C5H14FOP4S/c6-5(10,11)4(8,9)2-1-3-12-7/h1-3,8-11H2/q+1. The minimum atomic E-state index is -1.41. The Labute approximate surface area is 86.1 Å². The summed E-state index contributed by atoms with van der Waals surface area (Å²) in [4.78, 5) is -0.571. The summed E-state index contributed by atoms with van der Waals surface area (Å²) in [5, 5.41) is -1.41. The molecule has 4 atom stereocenters. The van der Waals surface area contributed by atoms with E-state index in [1.165, 1.54) is 0 Å². The Balaban J connectivity index is 3.95. The third-order valence-corrected chi connectivity index (χ3v) is 5.86. The van der Waals surface area contributed by atoms with Gasteiger partial charge in [0.15, 0.2) is 0 Å².